The molecule has 0 spiro atoms. The van der Waals surface area contributed by atoms with Crippen LogP contribution in [0.25, 0.3) is 123 Å². The Hall–Kier alpha value is -9.19. The fourth-order valence-corrected chi connectivity index (χ4v) is 10.2. The monoisotopic (exact) mass is 867 g/mol. The molecule has 13 rings (SSSR count). The summed E-state index contributed by atoms with van der Waals surface area (Å²) in [5.74, 6) is 1.72. The molecule has 0 saturated carbocycles. The van der Waals surface area contributed by atoms with E-state index >= 15 is 0 Å². The molecule has 0 bridgehead atoms. The number of hydrogen-bond donors (Lipinski definition) is 0. The lowest BCUT2D eigenvalue weighted by Crippen LogP contribution is -2.07. The molecular weight excluding hydrogens is 827 g/mol. The number of rotatable bonds is 8. The Bertz CT molecular complexity index is 3970. The zero-order chi connectivity index (χ0) is 45.0. The van der Waals surface area contributed by atoms with Gasteiger partial charge in [-0.05, 0) is 63.7 Å². The molecule has 0 radical (unpaired) electrons. The zero-order valence-corrected chi connectivity index (χ0v) is 36.9. The van der Waals surface area contributed by atoms with Crippen molar-refractivity contribution in [2.75, 3.05) is 0 Å². The first-order valence-corrected chi connectivity index (χ1v) is 23.0. The highest BCUT2D eigenvalue weighted by Gasteiger charge is 2.30. The van der Waals surface area contributed by atoms with Gasteiger partial charge in [0.1, 0.15) is 0 Å². The van der Waals surface area contributed by atoms with Crippen LogP contribution in [0.3, 0.4) is 0 Å². The summed E-state index contributed by atoms with van der Waals surface area (Å²) in [6, 6.07) is 88.1. The minimum atomic E-state index is 0.537. The molecule has 3 aromatic heterocycles. The summed E-state index contributed by atoms with van der Waals surface area (Å²) < 4.78 is 4.74. The van der Waals surface area contributed by atoms with Gasteiger partial charge in [-0.3, -0.25) is 4.57 Å². The lowest BCUT2D eigenvalue weighted by atomic mass is 9.87. The SMILES string of the molecule is c1ccc(-c2ccc(-c3cccc(-c4nc(-c5ccccc5)nc(-n5c6ccccc6c6c(-c7ccccc7)c(-c7ccccc7)c7c8ccccc8n(-c8ccccc8)c7c65)n4)c3)cc2)cc1. The van der Waals surface area contributed by atoms with E-state index in [4.69, 9.17) is 15.0 Å². The van der Waals surface area contributed by atoms with Crippen LogP contribution in [0.15, 0.2) is 249 Å². The van der Waals surface area contributed by atoms with Gasteiger partial charge in [-0.15, -0.1) is 0 Å². The van der Waals surface area contributed by atoms with Gasteiger partial charge < -0.3 is 4.57 Å². The van der Waals surface area contributed by atoms with Crippen LogP contribution in [-0.4, -0.2) is 24.1 Å². The predicted octanol–water partition coefficient (Wildman–Crippen LogP) is 16.1. The molecule has 0 saturated heterocycles. The van der Waals surface area contributed by atoms with E-state index in [2.05, 4.69) is 240 Å². The molecule has 68 heavy (non-hydrogen) atoms. The van der Waals surface area contributed by atoms with Crippen LogP contribution in [0.4, 0.5) is 0 Å². The van der Waals surface area contributed by atoms with Gasteiger partial charge in [-0.2, -0.15) is 9.97 Å². The topological polar surface area (TPSA) is 48.5 Å². The van der Waals surface area contributed by atoms with Crippen molar-refractivity contribution in [3.8, 4) is 78.9 Å². The maximum Gasteiger partial charge on any atom is 0.238 e. The van der Waals surface area contributed by atoms with Crippen molar-refractivity contribution in [1.29, 1.82) is 0 Å². The van der Waals surface area contributed by atoms with Gasteiger partial charge in [0.05, 0.1) is 22.1 Å². The van der Waals surface area contributed by atoms with Gasteiger partial charge in [-0.1, -0.05) is 218 Å². The van der Waals surface area contributed by atoms with Crippen molar-refractivity contribution in [2.24, 2.45) is 0 Å². The van der Waals surface area contributed by atoms with E-state index in [0.29, 0.717) is 17.6 Å². The van der Waals surface area contributed by atoms with E-state index in [-0.39, 0.29) is 0 Å². The molecule has 0 aliphatic heterocycles. The molecule has 0 fully saturated rings. The Morgan fingerprint density at radius 1 is 0.265 bits per heavy atom. The molecule has 0 unspecified atom stereocenters. The molecule has 5 nitrogen and oxygen atoms in total. The Morgan fingerprint density at radius 3 is 1.21 bits per heavy atom. The van der Waals surface area contributed by atoms with Crippen LogP contribution >= 0.6 is 0 Å². The molecular formula is C63H41N5. The zero-order valence-electron chi connectivity index (χ0n) is 36.9. The van der Waals surface area contributed by atoms with Crippen LogP contribution in [0, 0.1) is 0 Å². The molecule has 3 heterocycles. The molecule has 10 aromatic carbocycles. The van der Waals surface area contributed by atoms with Crippen LogP contribution in [-0.2, 0) is 0 Å². The van der Waals surface area contributed by atoms with Crippen molar-refractivity contribution < 1.29 is 0 Å². The first kappa shape index (κ1) is 39.2. The number of aromatic nitrogens is 5. The van der Waals surface area contributed by atoms with E-state index in [1.807, 2.05) is 18.2 Å². The summed E-state index contributed by atoms with van der Waals surface area (Å²) in [7, 11) is 0. The summed E-state index contributed by atoms with van der Waals surface area (Å²) in [5.41, 5.74) is 16.3. The van der Waals surface area contributed by atoms with Crippen LogP contribution in [0.5, 0.6) is 0 Å². The van der Waals surface area contributed by atoms with Gasteiger partial charge in [0.15, 0.2) is 11.6 Å². The van der Waals surface area contributed by atoms with Gasteiger partial charge in [0, 0.05) is 49.5 Å². The van der Waals surface area contributed by atoms with Crippen LogP contribution in [0.2, 0.25) is 0 Å². The Balaban J connectivity index is 1.16. The Kier molecular flexibility index (Phi) is 9.43. The largest absolute Gasteiger partial charge is 0.307 e. The Labute approximate surface area is 393 Å². The van der Waals surface area contributed by atoms with E-state index < -0.39 is 0 Å². The molecule has 0 amide bonds. The van der Waals surface area contributed by atoms with Gasteiger partial charge in [0.25, 0.3) is 0 Å². The standard InChI is InChI=1S/C63H41N5/c1-6-21-42(22-7-1)43-37-39-44(40-38-43)48-29-20-30-49(41-48)62-64-61(47-27-12-4-13-28-47)65-63(66-62)68-54-36-19-17-34-52(54)58-56(46-25-10-3-11-26-46)55(45-23-8-2-9-24-45)57-51-33-16-18-35-53(51)67(59(57)60(58)68)50-31-14-5-15-32-50/h1-41H. The molecule has 0 aliphatic carbocycles. The van der Waals surface area contributed by atoms with E-state index in [0.717, 1.165) is 88.2 Å². The smallest absolute Gasteiger partial charge is 0.238 e. The second-order valence-corrected chi connectivity index (χ2v) is 17.1. The number of benzene rings is 10. The number of fused-ring (bicyclic) bond motifs is 7. The number of hydrogen-bond acceptors (Lipinski definition) is 3. The second-order valence-electron chi connectivity index (χ2n) is 17.1. The molecule has 13 aromatic rings. The van der Waals surface area contributed by atoms with Crippen LogP contribution in [0.1, 0.15) is 0 Å². The lowest BCUT2D eigenvalue weighted by molar-refractivity contribution is 0.953. The highest BCUT2D eigenvalue weighted by molar-refractivity contribution is 6.33. The normalized spacial score (nSPS) is 11.5. The molecule has 0 atom stereocenters. The maximum absolute atomic E-state index is 5.54. The highest BCUT2D eigenvalue weighted by atomic mass is 15.2. The molecule has 0 N–H and O–H groups in total. The van der Waals surface area contributed by atoms with Crippen molar-refractivity contribution in [2.45, 2.75) is 0 Å². The second kappa shape index (κ2) is 16.4. The first-order chi connectivity index (χ1) is 33.8. The summed E-state index contributed by atoms with van der Waals surface area (Å²) in [4.78, 5) is 16.3. The predicted molar refractivity (Wildman–Crippen MR) is 281 cm³/mol. The summed E-state index contributed by atoms with van der Waals surface area (Å²) in [5, 5.41) is 4.56. The van der Waals surface area contributed by atoms with Gasteiger partial charge in [0.2, 0.25) is 5.95 Å². The fourth-order valence-electron chi connectivity index (χ4n) is 10.2. The average Bonchev–Trinajstić information content (AvgIpc) is 3.95. The third-order valence-electron chi connectivity index (χ3n) is 13.2. The minimum Gasteiger partial charge on any atom is -0.307 e. The fraction of sp³-hybridized carbons (Fsp3) is 0. The number of nitrogens with zero attached hydrogens (tertiary/aromatic N) is 5. The van der Waals surface area contributed by atoms with E-state index in [1.54, 1.807) is 0 Å². The third kappa shape index (κ3) is 6.51. The summed E-state index contributed by atoms with van der Waals surface area (Å²) in [6.07, 6.45) is 0. The maximum atomic E-state index is 5.54. The van der Waals surface area contributed by atoms with Crippen molar-refractivity contribution in [3.05, 3.63) is 249 Å². The molecule has 0 aliphatic rings. The van der Waals surface area contributed by atoms with Crippen molar-refractivity contribution in [3.63, 3.8) is 0 Å². The summed E-state index contributed by atoms with van der Waals surface area (Å²) >= 11 is 0. The van der Waals surface area contributed by atoms with E-state index in [1.165, 1.54) is 16.7 Å². The number of para-hydroxylation sites is 3. The van der Waals surface area contributed by atoms with Gasteiger partial charge in [-0.25, -0.2) is 4.98 Å². The Morgan fingerprint density at radius 2 is 0.647 bits per heavy atom. The lowest BCUT2D eigenvalue weighted by Gasteiger charge is -2.18. The van der Waals surface area contributed by atoms with Crippen molar-refractivity contribution >= 4 is 43.6 Å². The first-order valence-electron chi connectivity index (χ1n) is 23.0. The highest BCUT2D eigenvalue weighted by Crippen LogP contribution is 2.52. The van der Waals surface area contributed by atoms with Gasteiger partial charge >= 0.3 is 0 Å². The third-order valence-corrected chi connectivity index (χ3v) is 13.2. The van der Waals surface area contributed by atoms with Crippen LogP contribution < -0.4 is 0 Å². The molecule has 318 valence electrons. The average molecular weight is 868 g/mol. The quantitative estimate of drug-likeness (QED) is 0.153. The molecule has 5 heteroatoms. The van der Waals surface area contributed by atoms with Crippen molar-refractivity contribution in [1.82, 2.24) is 24.1 Å². The summed E-state index contributed by atoms with van der Waals surface area (Å²) in [6.45, 7) is 0. The van der Waals surface area contributed by atoms with E-state index in [9.17, 15) is 0 Å². The minimum absolute atomic E-state index is 0.537.